The minimum absolute atomic E-state index is 0.0578. The van der Waals surface area contributed by atoms with Crippen molar-refractivity contribution in [2.75, 3.05) is 25.0 Å². The van der Waals surface area contributed by atoms with Crippen LogP contribution in [0.2, 0.25) is 5.02 Å². The molecule has 11 heteroatoms. The maximum Gasteiger partial charge on any atom is 0.411 e. The maximum atomic E-state index is 12.4. The van der Waals surface area contributed by atoms with Crippen molar-refractivity contribution in [1.29, 1.82) is 0 Å². The topological polar surface area (TPSA) is 80.5 Å². The van der Waals surface area contributed by atoms with Gasteiger partial charge in [0.2, 0.25) is 11.8 Å². The van der Waals surface area contributed by atoms with Crippen molar-refractivity contribution >= 4 is 23.5 Å². The Hall–Kier alpha value is -2.33. The fraction of sp³-hybridized carbons (Fsp3) is 0.471. The smallest absolute Gasteiger partial charge is 0.403 e. The second-order valence-electron chi connectivity index (χ2n) is 6.83. The van der Waals surface area contributed by atoms with Gasteiger partial charge in [-0.3, -0.25) is 4.79 Å². The molecule has 0 saturated carbocycles. The van der Waals surface area contributed by atoms with Crippen LogP contribution in [-0.2, 0) is 9.53 Å². The maximum absolute atomic E-state index is 12.4. The van der Waals surface area contributed by atoms with Crippen molar-refractivity contribution in [2.45, 2.75) is 31.7 Å². The number of aromatic nitrogens is 2. The first-order valence-electron chi connectivity index (χ1n) is 8.40. The molecule has 1 N–H and O–H groups in total. The number of nitrogens with one attached hydrogen (secondary N) is 1. The van der Waals surface area contributed by atoms with Crippen molar-refractivity contribution in [2.24, 2.45) is 0 Å². The Kier molecular flexibility index (Phi) is 5.53. The Bertz CT molecular complexity index is 835. The van der Waals surface area contributed by atoms with E-state index in [-0.39, 0.29) is 30.9 Å². The van der Waals surface area contributed by atoms with Crippen molar-refractivity contribution in [1.82, 2.24) is 15.1 Å². The van der Waals surface area contributed by atoms with Crippen LogP contribution >= 0.6 is 11.6 Å². The molecule has 7 nitrogen and oxygen atoms in total. The zero-order chi connectivity index (χ0) is 20.5. The van der Waals surface area contributed by atoms with E-state index in [2.05, 4.69) is 15.5 Å². The Morgan fingerprint density at radius 3 is 2.61 bits per heavy atom. The first kappa shape index (κ1) is 20.4. The number of hydrogen-bond donors (Lipinski definition) is 1. The first-order chi connectivity index (χ1) is 13.0. The molecule has 28 heavy (non-hydrogen) atoms. The summed E-state index contributed by atoms with van der Waals surface area (Å²) in [6.45, 7) is 1.95. The standard InChI is InChI=1S/C17H18ClF3N4O3/c1-10(14(26)25-7-16(2,8-25)27-9-17(19,20)21)22-15-24-23-13(28-15)11-3-5-12(18)6-4-11/h3-6,10H,7-9H2,1-2H3,(H,22,24)/t10-/m1/s1. The number of nitrogens with zero attached hydrogens (tertiary/aromatic N) is 3. The number of amides is 1. The van der Waals surface area contributed by atoms with Gasteiger partial charge in [0.25, 0.3) is 0 Å². The fourth-order valence-corrected chi connectivity index (χ4v) is 2.90. The van der Waals surface area contributed by atoms with Gasteiger partial charge in [0.15, 0.2) is 0 Å². The van der Waals surface area contributed by atoms with Crippen molar-refractivity contribution in [3.63, 3.8) is 0 Å². The van der Waals surface area contributed by atoms with E-state index in [1.54, 1.807) is 31.2 Å². The lowest BCUT2D eigenvalue weighted by molar-refractivity contribution is -0.226. The molecule has 0 spiro atoms. The quantitative estimate of drug-likeness (QED) is 0.774. The Balaban J connectivity index is 1.52. The van der Waals surface area contributed by atoms with Crippen LogP contribution in [0.25, 0.3) is 11.5 Å². The predicted molar refractivity (Wildman–Crippen MR) is 94.8 cm³/mol. The lowest BCUT2D eigenvalue weighted by Crippen LogP contribution is -2.65. The number of anilines is 1. The second kappa shape index (κ2) is 7.59. The molecule has 152 valence electrons. The molecular formula is C17H18ClF3N4O3. The van der Waals surface area contributed by atoms with Crippen LogP contribution in [0.3, 0.4) is 0 Å². The number of halogens is 4. The Morgan fingerprint density at radius 2 is 2.00 bits per heavy atom. The zero-order valence-corrected chi connectivity index (χ0v) is 15.8. The molecule has 0 unspecified atom stereocenters. The van der Waals surface area contributed by atoms with Gasteiger partial charge in [0, 0.05) is 10.6 Å². The number of carbonyl (C=O) groups is 1. The average molecular weight is 419 g/mol. The highest BCUT2D eigenvalue weighted by atomic mass is 35.5. The number of rotatable bonds is 6. The summed E-state index contributed by atoms with van der Waals surface area (Å²) in [5, 5.41) is 11.1. The van der Waals surface area contributed by atoms with E-state index in [4.69, 9.17) is 20.8 Å². The zero-order valence-electron chi connectivity index (χ0n) is 15.1. The average Bonchev–Trinajstić information content (AvgIpc) is 3.05. The highest BCUT2D eigenvalue weighted by molar-refractivity contribution is 6.30. The van der Waals surface area contributed by atoms with Crippen LogP contribution in [-0.4, -0.2) is 58.5 Å². The van der Waals surface area contributed by atoms with E-state index in [1.165, 1.54) is 11.8 Å². The number of hydrogen-bond acceptors (Lipinski definition) is 6. The number of likely N-dealkylation sites (tertiary alicyclic amines) is 1. The van der Waals surface area contributed by atoms with Gasteiger partial charge in [-0.2, -0.15) is 13.2 Å². The molecule has 0 radical (unpaired) electrons. The molecule has 1 aromatic heterocycles. The summed E-state index contributed by atoms with van der Waals surface area (Å²) in [5.41, 5.74) is -0.332. The normalized spacial score (nSPS) is 17.1. The molecule has 1 atom stereocenters. The first-order valence-corrected chi connectivity index (χ1v) is 8.78. The molecule has 0 aliphatic carbocycles. The Morgan fingerprint density at radius 1 is 1.36 bits per heavy atom. The Labute approximate surface area is 163 Å². The molecule has 1 aliphatic rings. The second-order valence-corrected chi connectivity index (χ2v) is 7.27. The summed E-state index contributed by atoms with van der Waals surface area (Å²) in [7, 11) is 0. The van der Waals surface area contributed by atoms with Crippen molar-refractivity contribution < 1.29 is 27.1 Å². The monoisotopic (exact) mass is 418 g/mol. The molecule has 1 fully saturated rings. The van der Waals surface area contributed by atoms with E-state index in [1.807, 2.05) is 0 Å². The summed E-state index contributed by atoms with van der Waals surface area (Å²) in [4.78, 5) is 13.8. The summed E-state index contributed by atoms with van der Waals surface area (Å²) in [6.07, 6.45) is -4.40. The van der Waals surface area contributed by atoms with Crippen LogP contribution in [0, 0.1) is 0 Å². The fourth-order valence-electron chi connectivity index (χ4n) is 2.78. The summed E-state index contributed by atoms with van der Waals surface area (Å²) in [6, 6.07) is 6.16. The molecule has 1 saturated heterocycles. The highest BCUT2D eigenvalue weighted by Gasteiger charge is 2.45. The van der Waals surface area contributed by atoms with E-state index >= 15 is 0 Å². The number of benzene rings is 1. The molecule has 0 bridgehead atoms. The van der Waals surface area contributed by atoms with Crippen LogP contribution in [0.1, 0.15) is 13.8 Å². The molecule has 2 aromatic rings. The number of carbonyl (C=O) groups excluding carboxylic acids is 1. The largest absolute Gasteiger partial charge is 0.411 e. The third kappa shape index (κ3) is 4.93. The van der Waals surface area contributed by atoms with Crippen LogP contribution in [0.5, 0.6) is 0 Å². The van der Waals surface area contributed by atoms with E-state index in [9.17, 15) is 18.0 Å². The van der Waals surface area contributed by atoms with Gasteiger partial charge in [-0.25, -0.2) is 0 Å². The highest BCUT2D eigenvalue weighted by Crippen LogP contribution is 2.29. The SMILES string of the molecule is C[C@@H](Nc1nnc(-c2ccc(Cl)cc2)o1)C(=O)N1CC(C)(OCC(F)(F)F)C1. The van der Waals surface area contributed by atoms with Crippen molar-refractivity contribution in [3.05, 3.63) is 29.3 Å². The summed E-state index contributed by atoms with van der Waals surface area (Å²) >= 11 is 5.83. The molecular weight excluding hydrogens is 401 g/mol. The van der Waals surface area contributed by atoms with Gasteiger partial charge in [-0.1, -0.05) is 16.7 Å². The number of alkyl halides is 3. The van der Waals surface area contributed by atoms with Gasteiger partial charge in [0.05, 0.1) is 13.1 Å². The minimum Gasteiger partial charge on any atom is -0.403 e. The van der Waals surface area contributed by atoms with Crippen LogP contribution in [0.4, 0.5) is 19.2 Å². The van der Waals surface area contributed by atoms with Gasteiger partial charge in [-0.05, 0) is 38.1 Å². The van der Waals surface area contributed by atoms with Crippen LogP contribution in [0.15, 0.2) is 28.7 Å². The van der Waals surface area contributed by atoms with E-state index in [0.29, 0.717) is 10.6 Å². The molecule has 1 aliphatic heterocycles. The lowest BCUT2D eigenvalue weighted by atomic mass is 9.95. The third-order valence-corrected chi connectivity index (χ3v) is 4.43. The van der Waals surface area contributed by atoms with E-state index in [0.717, 1.165) is 0 Å². The summed E-state index contributed by atoms with van der Waals surface area (Å²) < 4.78 is 47.2. The molecule has 3 rings (SSSR count). The molecule has 1 aromatic carbocycles. The molecule has 2 heterocycles. The van der Waals surface area contributed by atoms with Gasteiger partial charge in [-0.15, -0.1) is 5.10 Å². The van der Waals surface area contributed by atoms with Crippen LogP contribution < -0.4 is 5.32 Å². The molecule has 1 amide bonds. The van der Waals surface area contributed by atoms with Gasteiger partial charge in [0.1, 0.15) is 18.2 Å². The van der Waals surface area contributed by atoms with Gasteiger partial charge < -0.3 is 19.4 Å². The van der Waals surface area contributed by atoms with E-state index < -0.39 is 24.4 Å². The minimum atomic E-state index is -4.40. The van der Waals surface area contributed by atoms with Gasteiger partial charge >= 0.3 is 12.2 Å². The predicted octanol–water partition coefficient (Wildman–Crippen LogP) is 3.37. The third-order valence-electron chi connectivity index (χ3n) is 4.17. The number of ether oxygens (including phenoxy) is 1. The lowest BCUT2D eigenvalue weighted by Gasteiger charge is -2.48. The van der Waals surface area contributed by atoms with Crippen molar-refractivity contribution in [3.8, 4) is 11.5 Å². The summed E-state index contributed by atoms with van der Waals surface area (Å²) in [5.74, 6) is -0.0461.